The van der Waals surface area contributed by atoms with Gasteiger partial charge in [-0.05, 0) is 37.6 Å². The highest BCUT2D eigenvalue weighted by Crippen LogP contribution is 2.17. The molecule has 0 aliphatic rings. The van der Waals surface area contributed by atoms with Crippen LogP contribution < -0.4 is 5.63 Å². The molecular weight excluding hydrogens is 442 g/mol. The van der Waals surface area contributed by atoms with Gasteiger partial charge in [0.1, 0.15) is 17.1 Å². The molecular formula is C29H41NO5. The first kappa shape index (κ1) is 28.3. The van der Waals surface area contributed by atoms with Crippen LogP contribution in [0.2, 0.25) is 0 Å². The summed E-state index contributed by atoms with van der Waals surface area (Å²) in [5.41, 5.74) is 0.324. The van der Waals surface area contributed by atoms with E-state index in [1.165, 1.54) is 82.9 Å². The molecule has 0 fully saturated rings. The Morgan fingerprint density at radius 2 is 1.46 bits per heavy atom. The summed E-state index contributed by atoms with van der Waals surface area (Å²) in [5, 5.41) is 9.88. The third-order valence-electron chi connectivity index (χ3n) is 6.02. The molecule has 1 N–H and O–H groups in total. The van der Waals surface area contributed by atoms with Gasteiger partial charge >= 0.3 is 11.6 Å². The quantitative estimate of drug-likeness (QED) is 0.142. The standard InChI is InChI=1S/C29H41NO5/c1-3-4-5-6-7-8-9-10-11-12-13-14-15-20-34-28(32)24-16-18-25(19-17-24)30-22-26-27(31)21-23(2)35-29(26)33/h16-19,21-22,31H,3-15,20H2,1-2H3. The van der Waals surface area contributed by atoms with Crippen LogP contribution in [0, 0.1) is 6.92 Å². The van der Waals surface area contributed by atoms with Crippen molar-refractivity contribution in [3.05, 3.63) is 57.6 Å². The lowest BCUT2D eigenvalue weighted by Crippen LogP contribution is -2.07. The van der Waals surface area contributed by atoms with Gasteiger partial charge in [-0.1, -0.05) is 84.0 Å². The second-order valence-electron chi connectivity index (χ2n) is 9.13. The van der Waals surface area contributed by atoms with Gasteiger partial charge < -0.3 is 14.3 Å². The second-order valence-corrected chi connectivity index (χ2v) is 9.13. The molecule has 2 aromatic rings. The van der Waals surface area contributed by atoms with Crippen LogP contribution in [0.15, 0.2) is 44.5 Å². The molecule has 0 aliphatic heterocycles. The molecule has 35 heavy (non-hydrogen) atoms. The average molecular weight is 484 g/mol. The summed E-state index contributed by atoms with van der Waals surface area (Å²) in [4.78, 5) is 28.2. The molecule has 0 unspecified atom stereocenters. The Balaban J connectivity index is 1.57. The molecule has 0 saturated carbocycles. The molecule has 0 radical (unpaired) electrons. The van der Waals surface area contributed by atoms with E-state index in [2.05, 4.69) is 11.9 Å². The summed E-state index contributed by atoms with van der Waals surface area (Å²) >= 11 is 0. The van der Waals surface area contributed by atoms with E-state index in [1.54, 1.807) is 31.2 Å². The lowest BCUT2D eigenvalue weighted by molar-refractivity contribution is 0.0497. The molecule has 6 nitrogen and oxygen atoms in total. The fourth-order valence-corrected chi connectivity index (χ4v) is 3.92. The van der Waals surface area contributed by atoms with Crippen LogP contribution in [-0.2, 0) is 4.74 Å². The van der Waals surface area contributed by atoms with Gasteiger partial charge in [0.05, 0.1) is 17.9 Å². The first-order chi connectivity index (χ1) is 17.0. The van der Waals surface area contributed by atoms with Crippen molar-refractivity contribution in [1.29, 1.82) is 0 Å². The monoisotopic (exact) mass is 483 g/mol. The van der Waals surface area contributed by atoms with E-state index in [1.807, 2.05) is 0 Å². The van der Waals surface area contributed by atoms with Crippen LogP contribution in [0.4, 0.5) is 5.69 Å². The Morgan fingerprint density at radius 3 is 2.00 bits per heavy atom. The smallest absolute Gasteiger partial charge is 0.348 e. The van der Waals surface area contributed by atoms with Crippen molar-refractivity contribution < 1.29 is 19.1 Å². The normalized spacial score (nSPS) is 11.3. The lowest BCUT2D eigenvalue weighted by Gasteiger charge is -2.06. The van der Waals surface area contributed by atoms with Crippen LogP contribution >= 0.6 is 0 Å². The molecule has 1 aromatic carbocycles. The molecule has 6 heteroatoms. The third kappa shape index (κ3) is 11.4. The largest absolute Gasteiger partial charge is 0.507 e. The van der Waals surface area contributed by atoms with Crippen LogP contribution in [0.5, 0.6) is 5.75 Å². The minimum atomic E-state index is -0.653. The predicted octanol–water partition coefficient (Wildman–Crippen LogP) is 7.65. The number of hydrogen-bond donors (Lipinski definition) is 1. The number of esters is 1. The molecule has 0 saturated heterocycles. The fourth-order valence-electron chi connectivity index (χ4n) is 3.92. The molecule has 192 valence electrons. The Kier molecular flexibility index (Phi) is 13.5. The van der Waals surface area contributed by atoms with Crippen LogP contribution in [0.1, 0.15) is 112 Å². The maximum atomic E-state index is 12.2. The zero-order valence-electron chi connectivity index (χ0n) is 21.4. The average Bonchev–Trinajstić information content (AvgIpc) is 2.84. The molecule has 2 rings (SSSR count). The number of aryl methyl sites for hydroxylation is 1. The number of carbonyl (C=O) groups is 1. The fraction of sp³-hybridized carbons (Fsp3) is 0.552. The number of rotatable bonds is 17. The Morgan fingerprint density at radius 1 is 0.914 bits per heavy atom. The van der Waals surface area contributed by atoms with E-state index in [0.717, 1.165) is 12.8 Å². The van der Waals surface area contributed by atoms with Crippen molar-refractivity contribution in [3.63, 3.8) is 0 Å². The first-order valence-corrected chi connectivity index (χ1v) is 13.2. The number of ether oxygens (including phenoxy) is 1. The van der Waals surface area contributed by atoms with Crippen LogP contribution in [0.25, 0.3) is 0 Å². The molecule has 1 heterocycles. The highest BCUT2D eigenvalue weighted by molar-refractivity contribution is 5.90. The lowest BCUT2D eigenvalue weighted by atomic mass is 10.0. The summed E-state index contributed by atoms with van der Waals surface area (Å²) < 4.78 is 10.3. The number of unbranched alkanes of at least 4 members (excludes halogenated alkanes) is 12. The minimum Gasteiger partial charge on any atom is -0.507 e. The van der Waals surface area contributed by atoms with Crippen LogP contribution in [-0.4, -0.2) is 23.9 Å². The van der Waals surface area contributed by atoms with Crippen molar-refractivity contribution in [2.24, 2.45) is 4.99 Å². The van der Waals surface area contributed by atoms with Gasteiger partial charge in [-0.15, -0.1) is 0 Å². The van der Waals surface area contributed by atoms with E-state index < -0.39 is 5.63 Å². The van der Waals surface area contributed by atoms with Gasteiger partial charge in [0.2, 0.25) is 0 Å². The van der Waals surface area contributed by atoms with E-state index >= 15 is 0 Å². The van der Waals surface area contributed by atoms with Gasteiger partial charge in [-0.25, -0.2) is 9.59 Å². The molecule has 0 spiro atoms. The molecule has 0 atom stereocenters. The zero-order chi connectivity index (χ0) is 25.3. The first-order valence-electron chi connectivity index (χ1n) is 13.2. The summed E-state index contributed by atoms with van der Waals surface area (Å²) in [7, 11) is 0. The van der Waals surface area contributed by atoms with Crippen molar-refractivity contribution >= 4 is 17.9 Å². The highest BCUT2D eigenvalue weighted by Gasteiger charge is 2.08. The van der Waals surface area contributed by atoms with Gasteiger partial charge in [-0.3, -0.25) is 4.99 Å². The van der Waals surface area contributed by atoms with E-state index in [9.17, 15) is 14.7 Å². The molecule has 0 amide bonds. The number of benzene rings is 1. The molecule has 0 aliphatic carbocycles. The van der Waals surface area contributed by atoms with E-state index in [4.69, 9.17) is 9.15 Å². The number of hydrogen-bond acceptors (Lipinski definition) is 6. The van der Waals surface area contributed by atoms with Gasteiger partial charge in [0, 0.05) is 12.3 Å². The summed E-state index contributed by atoms with van der Waals surface area (Å²) in [6, 6.07) is 7.95. The Labute approximate surface area is 209 Å². The van der Waals surface area contributed by atoms with Gasteiger partial charge in [-0.2, -0.15) is 0 Å². The number of carbonyl (C=O) groups excluding carboxylic acids is 1. The van der Waals surface area contributed by atoms with Gasteiger partial charge in [0.15, 0.2) is 0 Å². The minimum absolute atomic E-state index is 0.0168. The number of aliphatic imine (C=N–C) groups is 1. The number of nitrogens with zero attached hydrogens (tertiary/aromatic N) is 1. The zero-order valence-corrected chi connectivity index (χ0v) is 21.4. The van der Waals surface area contributed by atoms with Crippen molar-refractivity contribution in [3.8, 4) is 5.75 Å². The predicted molar refractivity (Wildman–Crippen MR) is 141 cm³/mol. The summed E-state index contributed by atoms with van der Waals surface area (Å²) in [6.07, 6.45) is 17.9. The Hall–Kier alpha value is -2.89. The molecule has 0 bridgehead atoms. The number of aromatic hydroxyl groups is 1. The Bertz CT molecular complexity index is 962. The van der Waals surface area contributed by atoms with Crippen LogP contribution in [0.3, 0.4) is 0 Å². The van der Waals surface area contributed by atoms with E-state index in [-0.39, 0.29) is 17.3 Å². The maximum absolute atomic E-state index is 12.2. The second kappa shape index (κ2) is 16.7. The SMILES string of the molecule is CCCCCCCCCCCCCCCOC(=O)c1ccc(N=Cc2c(O)cc(C)oc2=O)cc1. The summed E-state index contributed by atoms with van der Waals surface area (Å²) in [5.74, 6) is -0.210. The summed E-state index contributed by atoms with van der Waals surface area (Å²) in [6.45, 7) is 4.27. The van der Waals surface area contributed by atoms with Crippen molar-refractivity contribution in [1.82, 2.24) is 0 Å². The maximum Gasteiger partial charge on any atom is 0.348 e. The van der Waals surface area contributed by atoms with Gasteiger partial charge in [0.25, 0.3) is 0 Å². The van der Waals surface area contributed by atoms with Crippen molar-refractivity contribution in [2.45, 2.75) is 97.3 Å². The molecule has 1 aromatic heterocycles. The highest BCUT2D eigenvalue weighted by atomic mass is 16.5. The van der Waals surface area contributed by atoms with E-state index in [0.29, 0.717) is 23.6 Å². The van der Waals surface area contributed by atoms with Crippen molar-refractivity contribution in [2.75, 3.05) is 6.61 Å². The third-order valence-corrected chi connectivity index (χ3v) is 6.02. The topological polar surface area (TPSA) is 89.1 Å².